The van der Waals surface area contributed by atoms with Gasteiger partial charge in [-0.1, -0.05) is 13.3 Å². The molecule has 6 nitrogen and oxygen atoms in total. The van der Waals surface area contributed by atoms with E-state index in [1.807, 2.05) is 6.92 Å². The van der Waals surface area contributed by atoms with Gasteiger partial charge in [0.15, 0.2) is 0 Å². The third-order valence-corrected chi connectivity index (χ3v) is 3.12. The fourth-order valence-electron chi connectivity index (χ4n) is 2.22. The number of hydrogen-bond acceptors (Lipinski definition) is 4. The monoisotopic (exact) mass is 244 g/mol. The maximum absolute atomic E-state index is 12.1. The highest BCUT2D eigenvalue weighted by Gasteiger charge is 2.40. The Kier molecular flexibility index (Phi) is 4.89. The zero-order valence-corrected chi connectivity index (χ0v) is 10.0. The van der Waals surface area contributed by atoms with Gasteiger partial charge in [-0.15, -0.1) is 0 Å². The van der Waals surface area contributed by atoms with Gasteiger partial charge >= 0.3 is 5.97 Å². The second-order valence-electron chi connectivity index (χ2n) is 4.46. The lowest BCUT2D eigenvalue weighted by Crippen LogP contribution is -2.45. The van der Waals surface area contributed by atoms with Crippen molar-refractivity contribution in [2.45, 2.75) is 38.3 Å². The molecule has 1 aliphatic rings. The number of nitrogens with two attached hydrogens (primary N) is 1. The van der Waals surface area contributed by atoms with Gasteiger partial charge in [0.1, 0.15) is 6.04 Å². The summed E-state index contributed by atoms with van der Waals surface area (Å²) in [6, 6.07) is -0.914. The largest absolute Gasteiger partial charge is 0.480 e. The molecular formula is C11H20N2O4. The van der Waals surface area contributed by atoms with Crippen LogP contribution in [0.3, 0.4) is 0 Å². The number of carbonyl (C=O) groups excluding carboxylic acids is 1. The molecule has 1 amide bonds. The van der Waals surface area contributed by atoms with Gasteiger partial charge in [0.25, 0.3) is 0 Å². The van der Waals surface area contributed by atoms with E-state index in [1.54, 1.807) is 0 Å². The smallest absolute Gasteiger partial charge is 0.326 e. The standard InChI is InChI=1S/C11H20N2O4/c1-2-3-7(5-12)10(15)13-6-8(14)4-9(13)11(16)17/h7-9,14H,2-6,12H2,1H3,(H,16,17)/t7?,8-,9-/m0/s1. The predicted molar refractivity (Wildman–Crippen MR) is 61.2 cm³/mol. The molecule has 1 rings (SSSR count). The average molecular weight is 244 g/mol. The number of carboxylic acids is 1. The molecule has 1 unspecified atom stereocenters. The zero-order chi connectivity index (χ0) is 13.0. The van der Waals surface area contributed by atoms with Gasteiger partial charge in [-0.05, 0) is 6.42 Å². The van der Waals surface area contributed by atoms with Crippen LogP contribution in [0, 0.1) is 5.92 Å². The van der Waals surface area contributed by atoms with Crippen molar-refractivity contribution >= 4 is 11.9 Å². The number of likely N-dealkylation sites (tertiary alicyclic amines) is 1. The summed E-state index contributed by atoms with van der Waals surface area (Å²) in [6.07, 6.45) is 0.820. The minimum atomic E-state index is -1.07. The van der Waals surface area contributed by atoms with Crippen molar-refractivity contribution in [3.8, 4) is 0 Å². The first kappa shape index (κ1) is 13.9. The molecule has 3 atom stereocenters. The minimum absolute atomic E-state index is 0.0933. The third kappa shape index (κ3) is 3.17. The highest BCUT2D eigenvalue weighted by atomic mass is 16.4. The van der Waals surface area contributed by atoms with Crippen LogP contribution >= 0.6 is 0 Å². The topological polar surface area (TPSA) is 104 Å². The van der Waals surface area contributed by atoms with Gasteiger partial charge in [-0.2, -0.15) is 0 Å². The number of rotatable bonds is 5. The van der Waals surface area contributed by atoms with Crippen LogP contribution in [0.2, 0.25) is 0 Å². The Morgan fingerprint density at radius 2 is 2.18 bits per heavy atom. The van der Waals surface area contributed by atoms with Crippen LogP contribution in [-0.2, 0) is 9.59 Å². The molecule has 0 aliphatic carbocycles. The Balaban J connectivity index is 2.75. The number of aliphatic hydroxyl groups excluding tert-OH is 1. The lowest BCUT2D eigenvalue weighted by Gasteiger charge is -2.25. The second kappa shape index (κ2) is 5.97. The normalized spacial score (nSPS) is 25.9. The van der Waals surface area contributed by atoms with Crippen LogP contribution in [0.15, 0.2) is 0 Å². The molecule has 1 heterocycles. The molecule has 0 aromatic heterocycles. The van der Waals surface area contributed by atoms with E-state index in [2.05, 4.69) is 0 Å². The maximum atomic E-state index is 12.1. The zero-order valence-electron chi connectivity index (χ0n) is 10.0. The highest BCUT2D eigenvalue weighted by Crippen LogP contribution is 2.21. The average Bonchev–Trinajstić information content (AvgIpc) is 2.67. The number of nitrogens with zero attached hydrogens (tertiary/aromatic N) is 1. The molecule has 4 N–H and O–H groups in total. The third-order valence-electron chi connectivity index (χ3n) is 3.12. The Morgan fingerprint density at radius 3 is 2.65 bits per heavy atom. The fourth-order valence-corrected chi connectivity index (χ4v) is 2.22. The summed E-state index contributed by atoms with van der Waals surface area (Å²) in [5.41, 5.74) is 5.53. The van der Waals surface area contributed by atoms with Crippen LogP contribution < -0.4 is 5.73 Å². The van der Waals surface area contributed by atoms with E-state index in [4.69, 9.17) is 10.8 Å². The quantitative estimate of drug-likeness (QED) is 0.599. The molecule has 17 heavy (non-hydrogen) atoms. The Hall–Kier alpha value is -1.14. The summed E-state index contributed by atoms with van der Waals surface area (Å²) in [7, 11) is 0. The van der Waals surface area contributed by atoms with Crippen LogP contribution in [0.25, 0.3) is 0 Å². The molecule has 0 bridgehead atoms. The number of β-amino-alcohol motifs (C(OH)–C–C–N with tert-alkyl or cyclic N) is 1. The van der Waals surface area contributed by atoms with Gasteiger partial charge in [-0.25, -0.2) is 4.79 Å². The van der Waals surface area contributed by atoms with Crippen molar-refractivity contribution in [3.63, 3.8) is 0 Å². The molecule has 6 heteroatoms. The second-order valence-corrected chi connectivity index (χ2v) is 4.46. The van der Waals surface area contributed by atoms with Crippen LogP contribution in [0.5, 0.6) is 0 Å². The lowest BCUT2D eigenvalue weighted by atomic mass is 10.0. The first-order chi connectivity index (χ1) is 8.01. The summed E-state index contributed by atoms with van der Waals surface area (Å²) < 4.78 is 0. The van der Waals surface area contributed by atoms with Crippen LogP contribution in [0.1, 0.15) is 26.2 Å². The number of carboxylic acid groups (broad SMARTS) is 1. The summed E-state index contributed by atoms with van der Waals surface area (Å²) in [5.74, 6) is -1.66. The van der Waals surface area contributed by atoms with Crippen LogP contribution in [-0.4, -0.2) is 52.2 Å². The Morgan fingerprint density at radius 1 is 1.53 bits per heavy atom. The van der Waals surface area contributed by atoms with E-state index in [0.717, 1.165) is 6.42 Å². The molecule has 1 saturated heterocycles. The summed E-state index contributed by atoms with van der Waals surface area (Å²) in [5, 5.41) is 18.5. The fraction of sp³-hybridized carbons (Fsp3) is 0.818. The molecule has 1 fully saturated rings. The molecular weight excluding hydrogens is 224 g/mol. The van der Waals surface area contributed by atoms with Gasteiger partial charge in [0.2, 0.25) is 5.91 Å². The number of amides is 1. The Labute approximate surface area is 100 Å². The Bertz CT molecular complexity index is 295. The van der Waals surface area contributed by atoms with Gasteiger partial charge < -0.3 is 20.8 Å². The summed E-state index contributed by atoms with van der Waals surface area (Å²) in [6.45, 7) is 2.26. The first-order valence-corrected chi connectivity index (χ1v) is 5.92. The van der Waals surface area contributed by atoms with Crippen molar-refractivity contribution in [1.82, 2.24) is 4.90 Å². The van der Waals surface area contributed by atoms with E-state index >= 15 is 0 Å². The van der Waals surface area contributed by atoms with Gasteiger partial charge in [0.05, 0.1) is 12.0 Å². The highest BCUT2D eigenvalue weighted by molar-refractivity contribution is 5.86. The predicted octanol–water partition coefficient (Wildman–Crippen LogP) is -0.592. The maximum Gasteiger partial charge on any atom is 0.326 e. The van der Waals surface area contributed by atoms with Crippen molar-refractivity contribution in [1.29, 1.82) is 0 Å². The molecule has 0 spiro atoms. The summed E-state index contributed by atoms with van der Waals surface area (Å²) in [4.78, 5) is 24.3. The number of hydrogen-bond donors (Lipinski definition) is 3. The van der Waals surface area contributed by atoms with Crippen molar-refractivity contribution in [3.05, 3.63) is 0 Å². The molecule has 1 aliphatic heterocycles. The number of carbonyl (C=O) groups is 2. The summed E-state index contributed by atoms with van der Waals surface area (Å²) >= 11 is 0. The molecule has 98 valence electrons. The molecule has 0 saturated carbocycles. The minimum Gasteiger partial charge on any atom is -0.480 e. The van der Waals surface area contributed by atoms with Crippen LogP contribution in [0.4, 0.5) is 0 Å². The van der Waals surface area contributed by atoms with Crippen molar-refractivity contribution in [2.75, 3.05) is 13.1 Å². The van der Waals surface area contributed by atoms with E-state index in [9.17, 15) is 14.7 Å². The van der Waals surface area contributed by atoms with E-state index in [-0.39, 0.29) is 31.3 Å². The van der Waals surface area contributed by atoms with Crippen molar-refractivity contribution < 1.29 is 19.8 Å². The molecule has 0 radical (unpaired) electrons. The first-order valence-electron chi connectivity index (χ1n) is 5.92. The van der Waals surface area contributed by atoms with Gasteiger partial charge in [-0.3, -0.25) is 4.79 Å². The lowest BCUT2D eigenvalue weighted by molar-refractivity contribution is -0.149. The van der Waals surface area contributed by atoms with Gasteiger partial charge in [0, 0.05) is 19.5 Å². The molecule has 0 aromatic carbocycles. The van der Waals surface area contributed by atoms with E-state index in [1.165, 1.54) is 4.90 Å². The number of aliphatic hydroxyl groups is 1. The van der Waals surface area contributed by atoms with E-state index < -0.39 is 18.1 Å². The molecule has 0 aromatic rings. The number of aliphatic carboxylic acids is 1. The van der Waals surface area contributed by atoms with E-state index in [0.29, 0.717) is 6.42 Å². The van der Waals surface area contributed by atoms with Crippen molar-refractivity contribution in [2.24, 2.45) is 11.7 Å². The SMILES string of the molecule is CCCC(CN)C(=O)N1C[C@@H](O)C[C@H]1C(=O)O.